The molecule has 0 aliphatic carbocycles. The second kappa shape index (κ2) is 3.78. The van der Waals surface area contributed by atoms with Crippen LogP contribution in [0.15, 0.2) is 39.6 Å². The van der Waals surface area contributed by atoms with Crippen LogP contribution in [0, 0.1) is 0 Å². The summed E-state index contributed by atoms with van der Waals surface area (Å²) in [6, 6.07) is 5.04. The number of carbonyl (C=O) groups is 1. The lowest BCUT2D eigenvalue weighted by Gasteiger charge is -1.98. The summed E-state index contributed by atoms with van der Waals surface area (Å²) in [6.45, 7) is 0.340. The summed E-state index contributed by atoms with van der Waals surface area (Å²) in [4.78, 5) is 11.3. The van der Waals surface area contributed by atoms with Gasteiger partial charge >= 0.3 is 0 Å². The van der Waals surface area contributed by atoms with E-state index in [0.29, 0.717) is 12.3 Å². The predicted octanol–water partition coefficient (Wildman–Crippen LogP) is 1.20. The first-order valence-electron chi connectivity index (χ1n) is 4.07. The molecule has 0 aliphatic rings. The van der Waals surface area contributed by atoms with E-state index in [4.69, 9.17) is 4.42 Å². The Labute approximate surface area is 79.7 Å². The largest absolute Gasteiger partial charge is 0.467 e. The van der Waals surface area contributed by atoms with Crippen LogP contribution in [0.3, 0.4) is 0 Å². The van der Waals surface area contributed by atoms with Crippen molar-refractivity contribution in [2.24, 2.45) is 0 Å². The molecule has 2 aromatic rings. The zero-order valence-electron chi connectivity index (χ0n) is 7.27. The lowest BCUT2D eigenvalue weighted by atomic mass is 10.4. The van der Waals surface area contributed by atoms with Gasteiger partial charge in [0.15, 0.2) is 0 Å². The molecule has 0 saturated carbocycles. The quantitative estimate of drug-likeness (QED) is 0.793. The van der Waals surface area contributed by atoms with E-state index in [1.165, 1.54) is 12.3 Å². The second-order valence-corrected chi connectivity index (χ2v) is 2.64. The normalized spacial score (nSPS) is 10.0. The molecule has 72 valence electrons. The smallest absolute Gasteiger partial charge is 0.290 e. The maximum Gasteiger partial charge on any atom is 0.290 e. The predicted molar refractivity (Wildman–Crippen MR) is 46.4 cm³/mol. The van der Waals surface area contributed by atoms with Gasteiger partial charge in [-0.05, 0) is 12.1 Å². The first kappa shape index (κ1) is 8.55. The molecule has 2 aromatic heterocycles. The third kappa shape index (κ3) is 1.82. The Hall–Kier alpha value is -2.04. The van der Waals surface area contributed by atoms with Crippen LogP contribution in [0.2, 0.25) is 0 Å². The number of hydrogen-bond acceptors (Lipinski definition) is 4. The molecule has 0 aromatic carbocycles. The molecule has 1 N–H and O–H groups in total. The summed E-state index contributed by atoms with van der Waals surface area (Å²) >= 11 is 0. The minimum absolute atomic E-state index is 0.191. The summed E-state index contributed by atoms with van der Waals surface area (Å²) in [5.74, 6) is 0.577. The number of furan rings is 1. The van der Waals surface area contributed by atoms with Crippen molar-refractivity contribution in [3.05, 3.63) is 42.2 Å². The fourth-order valence-electron chi connectivity index (χ4n) is 1.00. The molecule has 0 atom stereocenters. The van der Waals surface area contributed by atoms with Crippen molar-refractivity contribution < 1.29 is 13.7 Å². The van der Waals surface area contributed by atoms with Gasteiger partial charge in [0.2, 0.25) is 5.76 Å². The minimum Gasteiger partial charge on any atom is -0.467 e. The van der Waals surface area contributed by atoms with Gasteiger partial charge in [0.1, 0.15) is 5.76 Å². The van der Waals surface area contributed by atoms with Crippen molar-refractivity contribution >= 4 is 5.91 Å². The van der Waals surface area contributed by atoms with Crippen molar-refractivity contribution in [3.63, 3.8) is 0 Å². The molecule has 14 heavy (non-hydrogen) atoms. The van der Waals surface area contributed by atoms with Crippen LogP contribution in [0.4, 0.5) is 0 Å². The molecule has 0 aliphatic heterocycles. The molecule has 2 rings (SSSR count). The summed E-state index contributed by atoms with van der Waals surface area (Å²) in [6.07, 6.45) is 2.97. The van der Waals surface area contributed by atoms with E-state index in [1.54, 1.807) is 18.4 Å². The molecule has 1 amide bonds. The Morgan fingerprint density at radius 3 is 3.07 bits per heavy atom. The van der Waals surface area contributed by atoms with E-state index in [-0.39, 0.29) is 11.7 Å². The van der Waals surface area contributed by atoms with Crippen LogP contribution in [0.25, 0.3) is 0 Å². The van der Waals surface area contributed by atoms with Crippen molar-refractivity contribution in [2.75, 3.05) is 0 Å². The summed E-state index contributed by atoms with van der Waals surface area (Å²) in [7, 11) is 0. The van der Waals surface area contributed by atoms with Gasteiger partial charge in [-0.1, -0.05) is 5.16 Å². The molecule has 0 saturated heterocycles. The fourth-order valence-corrected chi connectivity index (χ4v) is 1.00. The summed E-state index contributed by atoms with van der Waals surface area (Å²) in [5, 5.41) is 6.05. The molecule has 5 heteroatoms. The van der Waals surface area contributed by atoms with E-state index in [0.717, 1.165) is 0 Å². The molecule has 0 fully saturated rings. The highest BCUT2D eigenvalue weighted by Gasteiger charge is 2.08. The SMILES string of the molecule is O=C(NCc1ccco1)c1ccno1. The van der Waals surface area contributed by atoms with Crippen LogP contribution in [0.1, 0.15) is 16.3 Å². The lowest BCUT2D eigenvalue weighted by molar-refractivity contribution is 0.0911. The summed E-state index contributed by atoms with van der Waals surface area (Å²) < 4.78 is 9.71. The number of nitrogens with zero attached hydrogens (tertiary/aromatic N) is 1. The van der Waals surface area contributed by atoms with Gasteiger partial charge in [-0.2, -0.15) is 0 Å². The molecular formula is C9H8N2O3. The molecule has 0 bridgehead atoms. The van der Waals surface area contributed by atoms with E-state index in [1.807, 2.05) is 0 Å². The lowest BCUT2D eigenvalue weighted by Crippen LogP contribution is -2.21. The van der Waals surface area contributed by atoms with E-state index >= 15 is 0 Å². The zero-order valence-corrected chi connectivity index (χ0v) is 7.27. The standard InChI is InChI=1S/C9H8N2O3/c12-9(8-3-4-11-14-8)10-6-7-2-1-5-13-7/h1-5H,6H2,(H,10,12). The second-order valence-electron chi connectivity index (χ2n) is 2.64. The van der Waals surface area contributed by atoms with Gasteiger partial charge in [0, 0.05) is 6.07 Å². The van der Waals surface area contributed by atoms with Crippen molar-refractivity contribution in [2.45, 2.75) is 6.54 Å². The molecule has 2 heterocycles. The van der Waals surface area contributed by atoms with Crippen molar-refractivity contribution in [3.8, 4) is 0 Å². The topological polar surface area (TPSA) is 68.3 Å². The zero-order chi connectivity index (χ0) is 9.80. The molecule has 0 radical (unpaired) electrons. The number of aromatic nitrogens is 1. The van der Waals surface area contributed by atoms with Crippen LogP contribution in [-0.2, 0) is 6.54 Å². The highest BCUT2D eigenvalue weighted by molar-refractivity contribution is 5.91. The van der Waals surface area contributed by atoms with Gasteiger partial charge < -0.3 is 14.3 Å². The van der Waals surface area contributed by atoms with Gasteiger partial charge in [-0.3, -0.25) is 4.79 Å². The Bertz CT molecular complexity index is 392. The number of hydrogen-bond donors (Lipinski definition) is 1. The molecule has 0 spiro atoms. The Balaban J connectivity index is 1.90. The van der Waals surface area contributed by atoms with Crippen molar-refractivity contribution in [1.82, 2.24) is 10.5 Å². The maximum absolute atomic E-state index is 11.3. The number of amides is 1. The Morgan fingerprint density at radius 2 is 2.43 bits per heavy atom. The Kier molecular flexibility index (Phi) is 2.31. The monoisotopic (exact) mass is 192 g/mol. The third-order valence-corrected chi connectivity index (χ3v) is 1.66. The number of nitrogens with one attached hydrogen (secondary N) is 1. The average molecular weight is 192 g/mol. The van der Waals surface area contributed by atoms with Crippen LogP contribution in [-0.4, -0.2) is 11.1 Å². The van der Waals surface area contributed by atoms with Gasteiger partial charge in [0.25, 0.3) is 5.91 Å². The van der Waals surface area contributed by atoms with E-state index in [2.05, 4.69) is 15.0 Å². The minimum atomic E-state index is -0.307. The molecule has 5 nitrogen and oxygen atoms in total. The van der Waals surface area contributed by atoms with Crippen LogP contribution in [0.5, 0.6) is 0 Å². The van der Waals surface area contributed by atoms with Crippen LogP contribution >= 0.6 is 0 Å². The van der Waals surface area contributed by atoms with Crippen LogP contribution < -0.4 is 5.32 Å². The van der Waals surface area contributed by atoms with Gasteiger partial charge in [0.05, 0.1) is 19.0 Å². The first-order valence-corrected chi connectivity index (χ1v) is 4.07. The van der Waals surface area contributed by atoms with Gasteiger partial charge in [-0.15, -0.1) is 0 Å². The fraction of sp³-hybridized carbons (Fsp3) is 0.111. The average Bonchev–Trinajstić information content (AvgIpc) is 2.87. The molecular weight excluding hydrogens is 184 g/mol. The van der Waals surface area contributed by atoms with E-state index < -0.39 is 0 Å². The Morgan fingerprint density at radius 1 is 1.50 bits per heavy atom. The van der Waals surface area contributed by atoms with Gasteiger partial charge in [-0.25, -0.2) is 0 Å². The number of carbonyl (C=O) groups excluding carboxylic acids is 1. The number of rotatable bonds is 3. The summed E-state index contributed by atoms with van der Waals surface area (Å²) in [5.41, 5.74) is 0. The molecule has 0 unspecified atom stereocenters. The maximum atomic E-state index is 11.3. The highest BCUT2D eigenvalue weighted by Crippen LogP contribution is 2.00. The third-order valence-electron chi connectivity index (χ3n) is 1.66. The first-order chi connectivity index (χ1) is 6.86. The highest BCUT2D eigenvalue weighted by atomic mass is 16.5. The van der Waals surface area contributed by atoms with E-state index in [9.17, 15) is 4.79 Å². The van der Waals surface area contributed by atoms with Crippen molar-refractivity contribution in [1.29, 1.82) is 0 Å².